The molecule has 1 aliphatic heterocycles. The number of fused-ring (bicyclic) bond motifs is 1. The number of carboxylic acids is 1. The van der Waals surface area contributed by atoms with E-state index in [9.17, 15) is 4.79 Å². The van der Waals surface area contributed by atoms with E-state index in [0.717, 1.165) is 25.2 Å². The van der Waals surface area contributed by atoms with Crippen LogP contribution in [0.15, 0.2) is 66.7 Å². The minimum atomic E-state index is -0.883. The van der Waals surface area contributed by atoms with E-state index in [0.29, 0.717) is 11.6 Å². The van der Waals surface area contributed by atoms with Gasteiger partial charge in [0.15, 0.2) is 0 Å². The first-order valence-electron chi connectivity index (χ1n) is 9.44. The maximum Gasteiger partial charge on any atom is 0.335 e. The van der Waals surface area contributed by atoms with E-state index < -0.39 is 5.97 Å². The van der Waals surface area contributed by atoms with Gasteiger partial charge in [0.1, 0.15) is 0 Å². The van der Waals surface area contributed by atoms with Gasteiger partial charge in [-0.25, -0.2) is 4.79 Å². The fourth-order valence-corrected chi connectivity index (χ4v) is 4.02. The van der Waals surface area contributed by atoms with Crippen molar-refractivity contribution in [3.63, 3.8) is 0 Å². The van der Waals surface area contributed by atoms with E-state index >= 15 is 0 Å². The molecule has 0 amide bonds. The zero-order valence-electron chi connectivity index (χ0n) is 15.4. The number of nitrogens with one attached hydrogen (secondary N) is 1. The summed E-state index contributed by atoms with van der Waals surface area (Å²) in [5, 5.41) is 15.4. The number of carbonyl (C=O) groups is 1. The fraction of sp³-hybridized carbons (Fsp3) is 0.261. The van der Waals surface area contributed by atoms with Crippen LogP contribution in [-0.2, 0) is 0 Å². The molecule has 27 heavy (non-hydrogen) atoms. The molecule has 4 rings (SSSR count). The zero-order valence-corrected chi connectivity index (χ0v) is 15.4. The van der Waals surface area contributed by atoms with Gasteiger partial charge >= 0.3 is 5.97 Å². The van der Waals surface area contributed by atoms with Crippen molar-refractivity contribution in [1.82, 2.24) is 5.32 Å². The lowest BCUT2D eigenvalue weighted by Gasteiger charge is -2.23. The van der Waals surface area contributed by atoms with Crippen LogP contribution >= 0.6 is 0 Å². The fourth-order valence-electron chi connectivity index (χ4n) is 4.02. The first-order chi connectivity index (χ1) is 13.1. The van der Waals surface area contributed by atoms with Gasteiger partial charge in [0.2, 0.25) is 0 Å². The number of nitrogens with zero attached hydrogens (tertiary/aromatic N) is 1. The lowest BCUT2D eigenvalue weighted by Crippen LogP contribution is -2.34. The largest absolute Gasteiger partial charge is 0.478 e. The van der Waals surface area contributed by atoms with Crippen molar-refractivity contribution in [3.8, 4) is 0 Å². The Hall–Kier alpha value is -2.85. The van der Waals surface area contributed by atoms with Crippen LogP contribution in [0.2, 0.25) is 0 Å². The monoisotopic (exact) mass is 360 g/mol. The number of carboxylic acid groups (broad SMARTS) is 1. The molecule has 1 fully saturated rings. The van der Waals surface area contributed by atoms with Gasteiger partial charge < -0.3 is 15.3 Å². The van der Waals surface area contributed by atoms with Crippen molar-refractivity contribution in [2.75, 3.05) is 18.0 Å². The minimum absolute atomic E-state index is 0.274. The molecule has 3 aromatic carbocycles. The standard InChI is InChI=1S/C23H24N2O2/c1-16(21-8-4-6-17-5-2-3-7-22(17)21)24-19-13-14-25(15-19)20-11-9-18(10-12-20)23(26)27/h2-12,16,19,24H,13-15H2,1H3,(H,26,27)/t16-,19?/m1/s1. The second kappa shape index (κ2) is 7.41. The number of hydrogen-bond acceptors (Lipinski definition) is 3. The summed E-state index contributed by atoms with van der Waals surface area (Å²) in [5.41, 5.74) is 2.75. The Labute approximate surface area is 159 Å². The van der Waals surface area contributed by atoms with Gasteiger partial charge in [-0.15, -0.1) is 0 Å². The van der Waals surface area contributed by atoms with Crippen molar-refractivity contribution >= 4 is 22.4 Å². The lowest BCUT2D eigenvalue weighted by atomic mass is 9.99. The average Bonchev–Trinajstić information content (AvgIpc) is 3.16. The number of anilines is 1. The van der Waals surface area contributed by atoms with Crippen LogP contribution in [0.3, 0.4) is 0 Å². The predicted molar refractivity (Wildman–Crippen MR) is 110 cm³/mol. The first-order valence-corrected chi connectivity index (χ1v) is 9.44. The number of benzene rings is 3. The number of rotatable bonds is 5. The highest BCUT2D eigenvalue weighted by atomic mass is 16.4. The molecule has 1 saturated heterocycles. The molecular formula is C23H24N2O2. The van der Waals surface area contributed by atoms with E-state index in [2.05, 4.69) is 59.6 Å². The molecule has 3 aromatic rings. The Morgan fingerprint density at radius 2 is 1.81 bits per heavy atom. The molecule has 1 unspecified atom stereocenters. The molecule has 4 nitrogen and oxygen atoms in total. The van der Waals surface area contributed by atoms with Crippen molar-refractivity contribution in [3.05, 3.63) is 77.9 Å². The average molecular weight is 360 g/mol. The van der Waals surface area contributed by atoms with Gasteiger partial charge in [0.25, 0.3) is 0 Å². The summed E-state index contributed by atoms with van der Waals surface area (Å²) in [6.07, 6.45) is 1.08. The predicted octanol–water partition coefficient (Wildman–Crippen LogP) is 4.47. The van der Waals surface area contributed by atoms with Crippen LogP contribution in [0.25, 0.3) is 10.8 Å². The van der Waals surface area contributed by atoms with Crippen molar-refractivity contribution in [2.24, 2.45) is 0 Å². The topological polar surface area (TPSA) is 52.6 Å². The van der Waals surface area contributed by atoms with Crippen molar-refractivity contribution in [2.45, 2.75) is 25.4 Å². The Kier molecular flexibility index (Phi) is 4.82. The van der Waals surface area contributed by atoms with Gasteiger partial charge in [-0.3, -0.25) is 0 Å². The molecule has 2 N–H and O–H groups in total. The first kappa shape index (κ1) is 17.6. The maximum absolute atomic E-state index is 11.0. The minimum Gasteiger partial charge on any atom is -0.478 e. The summed E-state index contributed by atoms with van der Waals surface area (Å²) >= 11 is 0. The SMILES string of the molecule is C[C@@H](NC1CCN(c2ccc(C(=O)O)cc2)C1)c1cccc2ccccc12. The van der Waals surface area contributed by atoms with Crippen LogP contribution in [0.4, 0.5) is 5.69 Å². The van der Waals surface area contributed by atoms with Gasteiger partial charge in [-0.1, -0.05) is 42.5 Å². The smallest absolute Gasteiger partial charge is 0.335 e. The molecule has 1 heterocycles. The van der Waals surface area contributed by atoms with Crippen molar-refractivity contribution in [1.29, 1.82) is 0 Å². The number of hydrogen-bond donors (Lipinski definition) is 2. The highest BCUT2D eigenvalue weighted by Crippen LogP contribution is 2.26. The molecule has 0 bridgehead atoms. The molecule has 1 aliphatic rings. The quantitative estimate of drug-likeness (QED) is 0.705. The number of aromatic carboxylic acids is 1. The van der Waals surface area contributed by atoms with E-state index in [1.165, 1.54) is 16.3 Å². The summed E-state index contributed by atoms with van der Waals surface area (Å²) in [6.45, 7) is 4.14. The Morgan fingerprint density at radius 3 is 2.59 bits per heavy atom. The third-order valence-corrected chi connectivity index (χ3v) is 5.44. The Morgan fingerprint density at radius 1 is 1.07 bits per heavy atom. The summed E-state index contributed by atoms with van der Waals surface area (Å²) in [6, 6.07) is 22.9. The molecule has 0 radical (unpaired) electrons. The molecule has 4 heteroatoms. The van der Waals surface area contributed by atoms with Crippen LogP contribution in [0.1, 0.15) is 35.3 Å². The lowest BCUT2D eigenvalue weighted by molar-refractivity contribution is 0.0697. The zero-order chi connectivity index (χ0) is 18.8. The van der Waals surface area contributed by atoms with E-state index in [-0.39, 0.29) is 6.04 Å². The van der Waals surface area contributed by atoms with Crippen LogP contribution < -0.4 is 10.2 Å². The van der Waals surface area contributed by atoms with Gasteiger partial charge in [0.05, 0.1) is 5.56 Å². The second-order valence-corrected chi connectivity index (χ2v) is 7.24. The van der Waals surface area contributed by atoms with Crippen LogP contribution in [-0.4, -0.2) is 30.2 Å². The third kappa shape index (κ3) is 3.67. The highest BCUT2D eigenvalue weighted by Gasteiger charge is 2.24. The Balaban J connectivity index is 1.44. The molecule has 0 saturated carbocycles. The summed E-state index contributed by atoms with van der Waals surface area (Å²) in [4.78, 5) is 13.3. The van der Waals surface area contributed by atoms with Gasteiger partial charge in [0, 0.05) is 30.9 Å². The van der Waals surface area contributed by atoms with E-state index in [1.807, 2.05) is 12.1 Å². The molecule has 0 aromatic heterocycles. The van der Waals surface area contributed by atoms with E-state index in [4.69, 9.17) is 5.11 Å². The molecule has 138 valence electrons. The molecule has 0 aliphatic carbocycles. The van der Waals surface area contributed by atoms with Crippen LogP contribution in [0, 0.1) is 0 Å². The summed E-state index contributed by atoms with van der Waals surface area (Å²) < 4.78 is 0. The van der Waals surface area contributed by atoms with Crippen LogP contribution in [0.5, 0.6) is 0 Å². The summed E-state index contributed by atoms with van der Waals surface area (Å²) in [7, 11) is 0. The van der Waals surface area contributed by atoms with Gasteiger partial charge in [-0.2, -0.15) is 0 Å². The highest BCUT2D eigenvalue weighted by molar-refractivity contribution is 5.88. The third-order valence-electron chi connectivity index (χ3n) is 5.44. The molecule has 2 atom stereocenters. The van der Waals surface area contributed by atoms with Crippen molar-refractivity contribution < 1.29 is 9.90 Å². The van der Waals surface area contributed by atoms with Gasteiger partial charge in [-0.05, 0) is 53.9 Å². The molecule has 0 spiro atoms. The molecular weight excluding hydrogens is 336 g/mol. The second-order valence-electron chi connectivity index (χ2n) is 7.24. The normalized spacial score (nSPS) is 18.0. The Bertz CT molecular complexity index is 947. The van der Waals surface area contributed by atoms with E-state index in [1.54, 1.807) is 12.1 Å². The maximum atomic E-state index is 11.0. The summed E-state index contributed by atoms with van der Waals surface area (Å²) in [5.74, 6) is -0.883.